The van der Waals surface area contributed by atoms with E-state index in [9.17, 15) is 0 Å². The fourth-order valence-electron chi connectivity index (χ4n) is 0.207. The van der Waals surface area contributed by atoms with Gasteiger partial charge in [-0.2, -0.15) is 5.11 Å². The van der Waals surface area contributed by atoms with Crippen molar-refractivity contribution in [2.75, 3.05) is 14.1 Å². The first-order valence-corrected chi connectivity index (χ1v) is 2.71. The Bertz CT molecular complexity index is 65.7. The van der Waals surface area contributed by atoms with E-state index in [1.165, 1.54) is 0 Å². The Labute approximate surface area is 50.4 Å². The molecule has 3 nitrogen and oxygen atoms in total. The predicted molar refractivity (Wildman–Crippen MR) is 33.7 cm³/mol. The zero-order valence-electron chi connectivity index (χ0n) is 5.92. The minimum absolute atomic E-state index is 0.303. The minimum atomic E-state index is 0.303. The van der Waals surface area contributed by atoms with Crippen molar-refractivity contribution in [3.05, 3.63) is 0 Å². The van der Waals surface area contributed by atoms with Gasteiger partial charge in [-0.1, -0.05) is 5.22 Å². The normalized spacial score (nSPS) is 11.1. The molecule has 0 unspecified atom stereocenters. The van der Waals surface area contributed by atoms with Crippen LogP contribution in [0.5, 0.6) is 0 Å². The summed E-state index contributed by atoms with van der Waals surface area (Å²) in [6.45, 7) is 3.99. The molecule has 0 atom stereocenters. The third kappa shape index (κ3) is 5.40. The molecule has 0 spiro atoms. The lowest BCUT2D eigenvalue weighted by molar-refractivity contribution is 0.391. The highest BCUT2D eigenvalue weighted by Gasteiger charge is 1.83. The first-order chi connectivity index (χ1) is 3.63. The van der Waals surface area contributed by atoms with Crippen LogP contribution < -0.4 is 0 Å². The van der Waals surface area contributed by atoms with Gasteiger partial charge in [0.1, 0.15) is 0 Å². The van der Waals surface area contributed by atoms with Crippen molar-refractivity contribution in [1.29, 1.82) is 0 Å². The molecule has 0 aromatic heterocycles. The SMILES string of the molecule is CC(C)N=NN(C)C. The predicted octanol–water partition coefficient (Wildman–Crippen LogP) is 1.32. The molecule has 0 saturated heterocycles. The summed E-state index contributed by atoms with van der Waals surface area (Å²) in [7, 11) is 3.71. The van der Waals surface area contributed by atoms with Crippen LogP contribution in [-0.4, -0.2) is 25.1 Å². The zero-order chi connectivity index (χ0) is 6.57. The van der Waals surface area contributed by atoms with Crippen molar-refractivity contribution in [2.24, 2.45) is 10.3 Å². The Morgan fingerprint density at radius 3 is 1.88 bits per heavy atom. The van der Waals surface area contributed by atoms with Crippen molar-refractivity contribution in [3.8, 4) is 0 Å². The summed E-state index contributed by atoms with van der Waals surface area (Å²) >= 11 is 0. The highest BCUT2D eigenvalue weighted by atomic mass is 15.5. The van der Waals surface area contributed by atoms with E-state index < -0.39 is 0 Å². The molecule has 0 aliphatic rings. The van der Waals surface area contributed by atoms with Crippen LogP contribution in [0, 0.1) is 0 Å². The second-order valence-electron chi connectivity index (χ2n) is 2.15. The number of nitrogens with zero attached hydrogens (tertiary/aromatic N) is 3. The number of hydrogen-bond acceptors (Lipinski definition) is 2. The van der Waals surface area contributed by atoms with E-state index in [1.807, 2.05) is 27.9 Å². The van der Waals surface area contributed by atoms with Gasteiger partial charge >= 0.3 is 0 Å². The molecule has 0 saturated carbocycles. The molecular formula is C5H13N3. The van der Waals surface area contributed by atoms with Crippen LogP contribution in [-0.2, 0) is 0 Å². The van der Waals surface area contributed by atoms with Crippen LogP contribution in [0.4, 0.5) is 0 Å². The molecule has 0 aromatic carbocycles. The summed E-state index contributed by atoms with van der Waals surface area (Å²) in [5.74, 6) is 0. The van der Waals surface area contributed by atoms with E-state index in [0.29, 0.717) is 6.04 Å². The van der Waals surface area contributed by atoms with Gasteiger partial charge in [0.05, 0.1) is 6.04 Å². The zero-order valence-corrected chi connectivity index (χ0v) is 5.92. The van der Waals surface area contributed by atoms with Gasteiger partial charge in [-0.05, 0) is 13.8 Å². The fourth-order valence-corrected chi connectivity index (χ4v) is 0.207. The summed E-state index contributed by atoms with van der Waals surface area (Å²) in [6.07, 6.45) is 0. The molecule has 0 rings (SSSR count). The van der Waals surface area contributed by atoms with Crippen LogP contribution in [0.15, 0.2) is 10.3 Å². The third-order valence-electron chi connectivity index (χ3n) is 0.461. The maximum atomic E-state index is 3.88. The summed E-state index contributed by atoms with van der Waals surface area (Å²) in [5.41, 5.74) is 0. The molecule has 0 fully saturated rings. The standard InChI is InChI=1S/C5H13N3/c1-5(2)6-7-8(3)4/h5H,1-4H3. The molecule has 0 heterocycles. The average molecular weight is 115 g/mol. The molecule has 0 aliphatic carbocycles. The Morgan fingerprint density at radius 1 is 1.25 bits per heavy atom. The molecule has 0 bridgehead atoms. The maximum absolute atomic E-state index is 3.88. The summed E-state index contributed by atoms with van der Waals surface area (Å²) in [6, 6.07) is 0.303. The molecule has 8 heavy (non-hydrogen) atoms. The van der Waals surface area contributed by atoms with E-state index >= 15 is 0 Å². The number of rotatable bonds is 2. The highest BCUT2D eigenvalue weighted by molar-refractivity contribution is 4.41. The van der Waals surface area contributed by atoms with Crippen molar-refractivity contribution >= 4 is 0 Å². The van der Waals surface area contributed by atoms with Crippen LogP contribution in [0.2, 0.25) is 0 Å². The number of hydrogen-bond donors (Lipinski definition) is 0. The van der Waals surface area contributed by atoms with Gasteiger partial charge in [-0.25, -0.2) is 0 Å². The van der Waals surface area contributed by atoms with Crippen molar-refractivity contribution in [3.63, 3.8) is 0 Å². The average Bonchev–Trinajstić information content (AvgIpc) is 1.61. The van der Waals surface area contributed by atoms with E-state index in [-0.39, 0.29) is 0 Å². The van der Waals surface area contributed by atoms with Gasteiger partial charge < -0.3 is 0 Å². The maximum Gasteiger partial charge on any atom is 0.0673 e. The first kappa shape index (κ1) is 7.40. The summed E-state index contributed by atoms with van der Waals surface area (Å²) in [5, 5.41) is 9.34. The molecule has 0 N–H and O–H groups in total. The van der Waals surface area contributed by atoms with Crippen molar-refractivity contribution < 1.29 is 0 Å². The van der Waals surface area contributed by atoms with E-state index in [2.05, 4.69) is 10.3 Å². The van der Waals surface area contributed by atoms with Crippen LogP contribution >= 0.6 is 0 Å². The van der Waals surface area contributed by atoms with Gasteiger partial charge in [0, 0.05) is 14.1 Å². The lowest BCUT2D eigenvalue weighted by Crippen LogP contribution is -2.01. The molecule has 0 aliphatic heterocycles. The largest absolute Gasteiger partial charge is 0.285 e. The second kappa shape index (κ2) is 3.41. The van der Waals surface area contributed by atoms with Gasteiger partial charge in [-0.3, -0.25) is 5.01 Å². The van der Waals surface area contributed by atoms with E-state index in [1.54, 1.807) is 5.01 Å². The van der Waals surface area contributed by atoms with Crippen LogP contribution in [0.1, 0.15) is 13.8 Å². The minimum Gasteiger partial charge on any atom is -0.285 e. The van der Waals surface area contributed by atoms with Crippen molar-refractivity contribution in [1.82, 2.24) is 5.01 Å². The molecule has 3 heteroatoms. The fraction of sp³-hybridized carbons (Fsp3) is 1.00. The van der Waals surface area contributed by atoms with Gasteiger partial charge in [-0.15, -0.1) is 0 Å². The Balaban J connectivity index is 3.34. The van der Waals surface area contributed by atoms with Crippen LogP contribution in [0.25, 0.3) is 0 Å². The lowest BCUT2D eigenvalue weighted by atomic mass is 10.4. The molecule has 0 radical (unpaired) electrons. The molecule has 0 amide bonds. The van der Waals surface area contributed by atoms with E-state index in [0.717, 1.165) is 0 Å². The second-order valence-corrected chi connectivity index (χ2v) is 2.15. The Kier molecular flexibility index (Phi) is 3.15. The molecular weight excluding hydrogens is 102 g/mol. The molecule has 48 valence electrons. The summed E-state index contributed by atoms with van der Waals surface area (Å²) in [4.78, 5) is 0. The summed E-state index contributed by atoms with van der Waals surface area (Å²) < 4.78 is 0. The van der Waals surface area contributed by atoms with Gasteiger partial charge in [0.2, 0.25) is 0 Å². The topological polar surface area (TPSA) is 28.0 Å². The monoisotopic (exact) mass is 115 g/mol. The van der Waals surface area contributed by atoms with Crippen molar-refractivity contribution in [2.45, 2.75) is 19.9 Å². The first-order valence-electron chi connectivity index (χ1n) is 2.71. The van der Waals surface area contributed by atoms with Crippen LogP contribution in [0.3, 0.4) is 0 Å². The van der Waals surface area contributed by atoms with Gasteiger partial charge in [0.15, 0.2) is 0 Å². The quantitative estimate of drug-likeness (QED) is 0.394. The Morgan fingerprint density at radius 2 is 1.75 bits per heavy atom. The molecule has 0 aromatic rings. The third-order valence-corrected chi connectivity index (χ3v) is 0.461. The highest BCUT2D eigenvalue weighted by Crippen LogP contribution is 1.87. The lowest BCUT2D eigenvalue weighted by Gasteiger charge is -2.00. The van der Waals surface area contributed by atoms with Gasteiger partial charge in [0.25, 0.3) is 0 Å². The van der Waals surface area contributed by atoms with E-state index in [4.69, 9.17) is 0 Å². The smallest absolute Gasteiger partial charge is 0.0673 e. The Hall–Kier alpha value is -0.600.